The van der Waals surface area contributed by atoms with Gasteiger partial charge >= 0.3 is 0 Å². The first-order valence-electron chi connectivity index (χ1n) is 5.83. The first-order valence-corrected chi connectivity index (χ1v) is 5.83. The molecule has 1 heterocycles. The molecule has 0 amide bonds. The van der Waals surface area contributed by atoms with Gasteiger partial charge in [0, 0.05) is 20.3 Å². The summed E-state index contributed by atoms with van der Waals surface area (Å²) in [6.07, 6.45) is 6.80. The fourth-order valence-corrected chi connectivity index (χ4v) is 1.93. The van der Waals surface area contributed by atoms with Crippen molar-refractivity contribution in [3.63, 3.8) is 0 Å². The van der Waals surface area contributed by atoms with Gasteiger partial charge in [-0.1, -0.05) is 6.08 Å². The van der Waals surface area contributed by atoms with E-state index < -0.39 is 0 Å². The Balaban J connectivity index is 2.40. The fourth-order valence-electron chi connectivity index (χ4n) is 1.93. The van der Waals surface area contributed by atoms with E-state index in [1.807, 2.05) is 0 Å². The van der Waals surface area contributed by atoms with Gasteiger partial charge in [0.25, 0.3) is 0 Å². The molecule has 0 aromatic rings. The van der Waals surface area contributed by atoms with Crippen molar-refractivity contribution in [1.82, 2.24) is 0 Å². The van der Waals surface area contributed by atoms with Crippen LogP contribution in [0.2, 0.25) is 0 Å². The predicted octanol–water partition coefficient (Wildman–Crippen LogP) is 1.72. The molecule has 0 radical (unpaired) electrons. The molecule has 0 unspecified atom stereocenters. The smallest absolute Gasteiger partial charge is 0.0673 e. The summed E-state index contributed by atoms with van der Waals surface area (Å²) in [7, 11) is 1.75. The highest BCUT2D eigenvalue weighted by atomic mass is 16.5. The Bertz CT molecular complexity index is 186. The van der Waals surface area contributed by atoms with E-state index in [9.17, 15) is 0 Å². The third kappa shape index (κ3) is 5.30. The lowest BCUT2D eigenvalue weighted by Crippen LogP contribution is -2.15. The Kier molecular flexibility index (Phi) is 6.64. The van der Waals surface area contributed by atoms with Crippen LogP contribution in [0.5, 0.6) is 0 Å². The molecule has 0 bridgehead atoms. The maximum absolute atomic E-state index is 5.52. The first-order chi connectivity index (χ1) is 7.36. The number of ether oxygens (including phenoxy) is 2. The molecule has 0 aromatic heterocycles. The molecule has 0 saturated carbocycles. The van der Waals surface area contributed by atoms with E-state index in [4.69, 9.17) is 15.2 Å². The molecular formula is C12H23NO2. The molecule has 88 valence electrons. The Hall–Kier alpha value is -0.380. The fraction of sp³-hybridized carbons (Fsp3) is 0.833. The van der Waals surface area contributed by atoms with E-state index in [0.29, 0.717) is 5.92 Å². The minimum atomic E-state index is 0.682. The second-order valence-corrected chi connectivity index (χ2v) is 4.10. The van der Waals surface area contributed by atoms with E-state index in [1.165, 1.54) is 5.57 Å². The lowest BCUT2D eigenvalue weighted by atomic mass is 9.96. The maximum Gasteiger partial charge on any atom is 0.0673 e. The second kappa shape index (κ2) is 7.85. The van der Waals surface area contributed by atoms with E-state index in [-0.39, 0.29) is 0 Å². The zero-order chi connectivity index (χ0) is 10.9. The van der Waals surface area contributed by atoms with Crippen molar-refractivity contribution in [2.45, 2.75) is 25.7 Å². The van der Waals surface area contributed by atoms with E-state index in [2.05, 4.69) is 6.08 Å². The first kappa shape index (κ1) is 12.7. The molecule has 15 heavy (non-hydrogen) atoms. The van der Waals surface area contributed by atoms with Crippen LogP contribution in [0.25, 0.3) is 0 Å². The molecule has 0 aliphatic carbocycles. The van der Waals surface area contributed by atoms with Crippen LogP contribution in [0.15, 0.2) is 11.6 Å². The van der Waals surface area contributed by atoms with Gasteiger partial charge in [-0.2, -0.15) is 0 Å². The minimum absolute atomic E-state index is 0.682. The summed E-state index contributed by atoms with van der Waals surface area (Å²) in [4.78, 5) is 0. The molecule has 3 heteroatoms. The van der Waals surface area contributed by atoms with Gasteiger partial charge in [-0.3, -0.25) is 0 Å². The zero-order valence-electron chi connectivity index (χ0n) is 9.71. The van der Waals surface area contributed by atoms with Gasteiger partial charge in [-0.25, -0.2) is 0 Å². The Labute approximate surface area is 92.6 Å². The van der Waals surface area contributed by atoms with Crippen LogP contribution < -0.4 is 5.73 Å². The van der Waals surface area contributed by atoms with Crippen molar-refractivity contribution in [1.29, 1.82) is 0 Å². The van der Waals surface area contributed by atoms with Crippen molar-refractivity contribution >= 4 is 0 Å². The van der Waals surface area contributed by atoms with Crippen LogP contribution in [0.4, 0.5) is 0 Å². The number of hydrogen-bond donors (Lipinski definition) is 1. The lowest BCUT2D eigenvalue weighted by molar-refractivity contribution is 0.0780. The van der Waals surface area contributed by atoms with Crippen LogP contribution in [0, 0.1) is 5.92 Å². The number of rotatable bonds is 6. The minimum Gasteiger partial charge on any atom is -0.381 e. The number of methoxy groups -OCH3 is 1. The molecule has 0 spiro atoms. The van der Waals surface area contributed by atoms with Gasteiger partial charge in [-0.15, -0.1) is 0 Å². The molecule has 1 aliphatic rings. The molecule has 1 saturated heterocycles. The monoisotopic (exact) mass is 213 g/mol. The van der Waals surface area contributed by atoms with Crippen LogP contribution in [-0.4, -0.2) is 33.5 Å². The van der Waals surface area contributed by atoms with E-state index in [0.717, 1.165) is 52.0 Å². The van der Waals surface area contributed by atoms with Crippen molar-refractivity contribution in [3.05, 3.63) is 11.6 Å². The predicted molar refractivity (Wildman–Crippen MR) is 61.8 cm³/mol. The summed E-state index contributed by atoms with van der Waals surface area (Å²) in [6.45, 7) is 3.31. The third-order valence-electron chi connectivity index (χ3n) is 2.77. The van der Waals surface area contributed by atoms with E-state index >= 15 is 0 Å². The molecular weight excluding hydrogens is 190 g/mol. The zero-order valence-corrected chi connectivity index (χ0v) is 9.71. The summed E-state index contributed by atoms with van der Waals surface area (Å²) in [5, 5.41) is 0. The van der Waals surface area contributed by atoms with E-state index in [1.54, 1.807) is 7.11 Å². The average Bonchev–Trinajstić information content (AvgIpc) is 2.28. The molecule has 0 aromatic carbocycles. The summed E-state index contributed by atoms with van der Waals surface area (Å²) in [5.41, 5.74) is 6.92. The van der Waals surface area contributed by atoms with Crippen LogP contribution in [0.1, 0.15) is 25.7 Å². The summed E-state index contributed by atoms with van der Waals surface area (Å²) in [5.74, 6) is 0.682. The highest BCUT2D eigenvalue weighted by molar-refractivity contribution is 5.05. The number of allylic oxidation sites excluding steroid dienone is 1. The molecule has 1 rings (SSSR count). The largest absolute Gasteiger partial charge is 0.381 e. The normalized spacial score (nSPS) is 19.5. The Morgan fingerprint density at radius 3 is 2.80 bits per heavy atom. The SMILES string of the molecule is COCC(=CC1CCOCC1)CCCN. The quantitative estimate of drug-likeness (QED) is 0.683. The summed E-state index contributed by atoms with van der Waals surface area (Å²) < 4.78 is 10.5. The number of nitrogens with two attached hydrogens (primary N) is 1. The Morgan fingerprint density at radius 1 is 1.47 bits per heavy atom. The van der Waals surface area contributed by atoms with Crippen molar-refractivity contribution in [2.75, 3.05) is 33.5 Å². The average molecular weight is 213 g/mol. The molecule has 0 atom stereocenters. The highest BCUT2D eigenvalue weighted by Gasteiger charge is 2.12. The topological polar surface area (TPSA) is 44.5 Å². The highest BCUT2D eigenvalue weighted by Crippen LogP contribution is 2.19. The number of hydrogen-bond acceptors (Lipinski definition) is 3. The van der Waals surface area contributed by atoms with Gasteiger partial charge < -0.3 is 15.2 Å². The van der Waals surface area contributed by atoms with Gasteiger partial charge in [0.15, 0.2) is 0 Å². The molecule has 1 aliphatic heterocycles. The molecule has 1 fully saturated rings. The van der Waals surface area contributed by atoms with Crippen molar-refractivity contribution in [3.8, 4) is 0 Å². The summed E-state index contributed by atoms with van der Waals surface area (Å²) in [6, 6.07) is 0. The molecule has 2 N–H and O–H groups in total. The van der Waals surface area contributed by atoms with Crippen molar-refractivity contribution < 1.29 is 9.47 Å². The Morgan fingerprint density at radius 2 is 2.20 bits per heavy atom. The van der Waals surface area contributed by atoms with Gasteiger partial charge in [0.2, 0.25) is 0 Å². The van der Waals surface area contributed by atoms with Gasteiger partial charge in [0.05, 0.1) is 6.61 Å². The van der Waals surface area contributed by atoms with Gasteiger partial charge in [0.1, 0.15) is 0 Å². The lowest BCUT2D eigenvalue weighted by Gasteiger charge is -2.20. The third-order valence-corrected chi connectivity index (χ3v) is 2.77. The second-order valence-electron chi connectivity index (χ2n) is 4.10. The summed E-state index contributed by atoms with van der Waals surface area (Å²) >= 11 is 0. The van der Waals surface area contributed by atoms with Crippen LogP contribution in [-0.2, 0) is 9.47 Å². The van der Waals surface area contributed by atoms with Crippen molar-refractivity contribution in [2.24, 2.45) is 11.7 Å². The maximum atomic E-state index is 5.52. The van der Waals surface area contributed by atoms with Crippen LogP contribution in [0.3, 0.4) is 0 Å². The standard InChI is InChI=1S/C12H23NO2/c1-14-10-12(3-2-6-13)9-11-4-7-15-8-5-11/h9,11H,2-8,10,13H2,1H3. The van der Waals surface area contributed by atoms with Crippen LogP contribution >= 0.6 is 0 Å². The molecule has 3 nitrogen and oxygen atoms in total. The van der Waals surface area contributed by atoms with Gasteiger partial charge in [-0.05, 0) is 43.7 Å².